The van der Waals surface area contributed by atoms with Crippen molar-refractivity contribution in [3.63, 3.8) is 0 Å². The highest BCUT2D eigenvalue weighted by molar-refractivity contribution is 6.02. The van der Waals surface area contributed by atoms with Crippen LogP contribution in [0.15, 0.2) is 36.4 Å². The van der Waals surface area contributed by atoms with Crippen LogP contribution < -0.4 is 0 Å². The molecule has 532 valence electrons. The van der Waals surface area contributed by atoms with Gasteiger partial charge in [-0.25, -0.2) is 9.59 Å². The molecule has 6 saturated heterocycles. The minimum absolute atomic E-state index is 0. The van der Waals surface area contributed by atoms with E-state index in [1.807, 2.05) is 56.0 Å². The fourth-order valence-corrected chi connectivity index (χ4v) is 12.5. The van der Waals surface area contributed by atoms with Gasteiger partial charge in [0.15, 0.2) is 0 Å². The maximum Gasteiger partial charge on any atom is 0.336 e. The van der Waals surface area contributed by atoms with Gasteiger partial charge in [-0.05, 0) is 75.6 Å². The number of fused-ring (bicyclic) bond motifs is 4. The van der Waals surface area contributed by atoms with Crippen LogP contribution in [-0.2, 0) is 103 Å². The first-order valence-electron chi connectivity index (χ1n) is 32.0. The summed E-state index contributed by atoms with van der Waals surface area (Å²) >= 11 is 0. The molecule has 10 rings (SSSR count). The molecule has 2 aromatic rings. The molecule has 0 aliphatic carbocycles. The molecule has 96 heavy (non-hydrogen) atoms. The molecule has 8 amide bonds. The quantitative estimate of drug-likeness (QED) is 0.256. The molecule has 0 unspecified atom stereocenters. The van der Waals surface area contributed by atoms with Crippen molar-refractivity contribution in [2.75, 3.05) is 131 Å². The van der Waals surface area contributed by atoms with Crippen LogP contribution in [0.3, 0.4) is 0 Å². The summed E-state index contributed by atoms with van der Waals surface area (Å²) in [7, 11) is 0. The van der Waals surface area contributed by atoms with Gasteiger partial charge in [-0.15, -0.1) is 10.1 Å². The number of hydroxylamine groups is 4. The van der Waals surface area contributed by atoms with Crippen LogP contribution >= 0.6 is 0 Å². The number of nitrogens with zero attached hydrogens (tertiary/aromatic N) is 12. The van der Waals surface area contributed by atoms with Crippen LogP contribution in [0, 0.1) is 23.7 Å². The fraction of sp³-hybridized carbons (Fsp3) is 0.667. The van der Waals surface area contributed by atoms with Crippen molar-refractivity contribution >= 4 is 71.1 Å². The number of amides is 8. The third-order valence-corrected chi connectivity index (χ3v) is 18.0. The zero-order valence-corrected chi connectivity index (χ0v) is 52.0. The van der Waals surface area contributed by atoms with E-state index in [1.165, 1.54) is 0 Å². The summed E-state index contributed by atoms with van der Waals surface area (Å²) in [4.78, 5) is 182. The van der Waals surface area contributed by atoms with Gasteiger partial charge in [0, 0.05) is 130 Å². The van der Waals surface area contributed by atoms with Crippen LogP contribution in [0.2, 0.25) is 0 Å². The lowest BCUT2D eigenvalue weighted by Crippen LogP contribution is -2.47. The van der Waals surface area contributed by atoms with Crippen LogP contribution in [0.4, 0.5) is 0 Å². The van der Waals surface area contributed by atoms with Gasteiger partial charge in [0.2, 0.25) is 23.6 Å². The number of likely N-dealkylation sites (tertiary alicyclic amines) is 4. The van der Waals surface area contributed by atoms with E-state index in [4.69, 9.17) is 29.1 Å². The maximum absolute atomic E-state index is 13.3. The largest absolute Gasteiger partial charge is 0.481 e. The number of piperidine rings is 4. The van der Waals surface area contributed by atoms with Crippen LogP contribution in [-0.4, -0.2) is 272 Å². The molecule has 0 spiro atoms. The van der Waals surface area contributed by atoms with Crippen LogP contribution in [0.25, 0.3) is 0 Å². The smallest absolute Gasteiger partial charge is 0.336 e. The molecule has 30 heteroatoms. The molecule has 0 atom stereocenters. The van der Waals surface area contributed by atoms with Gasteiger partial charge in [0.25, 0.3) is 23.6 Å². The third kappa shape index (κ3) is 22.6. The molecule has 8 aliphatic heterocycles. The van der Waals surface area contributed by atoms with Crippen molar-refractivity contribution in [3.05, 3.63) is 59.2 Å². The Labute approximate surface area is 562 Å². The number of aromatic nitrogens is 2. The Morgan fingerprint density at radius 2 is 0.604 bits per heavy atom. The van der Waals surface area contributed by atoms with Gasteiger partial charge in [0.05, 0.1) is 99.1 Å². The number of aliphatic carboxylic acids is 2. The highest BCUT2D eigenvalue weighted by Gasteiger charge is 2.39. The zero-order valence-electron chi connectivity index (χ0n) is 52.0. The summed E-state index contributed by atoms with van der Waals surface area (Å²) < 4.78 is 11.8. The van der Waals surface area contributed by atoms with E-state index in [-0.39, 0.29) is 117 Å². The van der Waals surface area contributed by atoms with E-state index in [9.17, 15) is 67.7 Å². The third-order valence-electron chi connectivity index (χ3n) is 18.0. The first-order chi connectivity index (χ1) is 44.3. The van der Waals surface area contributed by atoms with Crippen LogP contribution in [0.5, 0.6) is 0 Å². The summed E-state index contributed by atoms with van der Waals surface area (Å²) in [5.41, 5.74) is 3.18. The molecular formula is C66H100N12O18. The number of rotatable bonds is 14. The number of carbonyl (C=O) groups is 12. The first-order valence-corrected chi connectivity index (χ1v) is 32.0. The molecule has 2 aromatic heterocycles. The molecular weight excluding hydrogens is 1250 g/mol. The highest BCUT2D eigenvalue weighted by Crippen LogP contribution is 2.25. The molecule has 2 N–H and O–H groups in total. The van der Waals surface area contributed by atoms with Gasteiger partial charge < -0.3 is 49.0 Å². The standard InChI is InChI=1S/C35H45N7O11.C27H39N5O7.4CH4/c43-28-4-5-29(44)41(28)52-34(49)24-8-12-39(13-9-24)32(47)22-37-16-18-51-19-17-38(21-27-3-1-2-26(20-37)36-27)23-33(48)40-14-10-25(11-15-40)35(50)53-42-30(45)6-7-31(42)46;33-24(31-8-4-20(5-9-31)26(35)36)18-29-12-14-39-15-13-30(17-23-3-1-2-22(16-29)28-23)19-25(34)32-10-6-21(7-11-32)27(37)38;;;;/h1-3,24-25H,4-23H2;1-3,20-21H,4-19H2,(H,35,36)(H,37,38);4*1H4. The van der Waals surface area contributed by atoms with Crippen molar-refractivity contribution < 1.29 is 86.9 Å². The Bertz CT molecular complexity index is 2800. The Balaban J connectivity index is 0.000000348. The monoisotopic (exact) mass is 1350 g/mol. The fourth-order valence-electron chi connectivity index (χ4n) is 12.5. The van der Waals surface area contributed by atoms with Crippen molar-refractivity contribution in [2.45, 2.75) is 133 Å². The normalized spacial score (nSPS) is 20.6. The summed E-state index contributed by atoms with van der Waals surface area (Å²) in [6.07, 6.45) is 3.50. The van der Waals surface area contributed by atoms with E-state index < -0.39 is 59.3 Å². The molecule has 8 aliphatic rings. The second-order valence-corrected chi connectivity index (χ2v) is 24.6. The number of carbonyl (C=O) groups excluding carboxylic acids is 10. The molecule has 30 nitrogen and oxygen atoms in total. The summed E-state index contributed by atoms with van der Waals surface area (Å²) in [5.74, 6) is -6.94. The maximum atomic E-state index is 13.3. The van der Waals surface area contributed by atoms with Gasteiger partial charge in [-0.3, -0.25) is 77.5 Å². The Hall–Kier alpha value is -7.90. The summed E-state index contributed by atoms with van der Waals surface area (Å²) in [5, 5.41) is 19.5. The highest BCUT2D eigenvalue weighted by atomic mass is 16.7. The van der Waals surface area contributed by atoms with E-state index in [0.29, 0.717) is 193 Å². The van der Waals surface area contributed by atoms with Crippen molar-refractivity contribution in [1.29, 1.82) is 0 Å². The predicted molar refractivity (Wildman–Crippen MR) is 345 cm³/mol. The molecule has 4 bridgehead atoms. The minimum Gasteiger partial charge on any atom is -0.481 e. The molecule has 0 radical (unpaired) electrons. The van der Waals surface area contributed by atoms with Crippen molar-refractivity contribution in [3.8, 4) is 0 Å². The van der Waals surface area contributed by atoms with Crippen molar-refractivity contribution in [2.24, 2.45) is 23.7 Å². The molecule has 6 fully saturated rings. The minimum atomic E-state index is -0.795. The number of carboxylic acids is 2. The van der Waals surface area contributed by atoms with Crippen molar-refractivity contribution in [1.82, 2.24) is 59.3 Å². The van der Waals surface area contributed by atoms with Gasteiger partial charge in [-0.2, -0.15) is 0 Å². The second kappa shape index (κ2) is 38.1. The Kier molecular flexibility index (Phi) is 31.3. The SMILES string of the molecule is C.C.C.C.O=C(O)C1CCN(C(=O)CN2CCOCCN(CC(=O)N3CCC(C(=O)O)CC3)Cc3cccc(n3)C2)CC1.O=C(ON1C(=O)CCC1=O)C1CCN(C(=O)CN2CCOCCN(CC(=O)N3CCC(C(=O)ON4C(=O)CCC4=O)CC3)Cc3cccc(n3)C2)CC1. The Morgan fingerprint density at radius 1 is 0.375 bits per heavy atom. The lowest BCUT2D eigenvalue weighted by molar-refractivity contribution is -0.201. The number of imide groups is 2. The summed E-state index contributed by atoms with van der Waals surface area (Å²) in [6, 6.07) is 11.5. The topological polar surface area (TPSA) is 340 Å². The average Bonchev–Trinajstić information content (AvgIpc) is 1.52. The van der Waals surface area contributed by atoms with Gasteiger partial charge in [0.1, 0.15) is 0 Å². The number of hydrogen-bond acceptors (Lipinski definition) is 22. The lowest BCUT2D eigenvalue weighted by atomic mass is 9.97. The predicted octanol–water partition coefficient (Wildman–Crippen LogP) is 2.31. The van der Waals surface area contributed by atoms with Gasteiger partial charge >= 0.3 is 23.9 Å². The number of carboxylic acid groups (broad SMARTS) is 2. The van der Waals surface area contributed by atoms with E-state index in [1.54, 1.807) is 19.6 Å². The van der Waals surface area contributed by atoms with E-state index >= 15 is 0 Å². The van der Waals surface area contributed by atoms with Crippen LogP contribution in [0.1, 0.15) is 130 Å². The zero-order chi connectivity index (χ0) is 65.3. The van der Waals surface area contributed by atoms with Gasteiger partial charge in [-0.1, -0.05) is 41.8 Å². The Morgan fingerprint density at radius 3 is 0.833 bits per heavy atom. The molecule has 0 saturated carbocycles. The number of hydrogen-bond donors (Lipinski definition) is 2. The molecule has 0 aromatic carbocycles. The van der Waals surface area contributed by atoms with E-state index in [2.05, 4.69) is 0 Å². The average molecular weight is 1350 g/mol. The number of pyridine rings is 2. The molecule has 10 heterocycles. The lowest BCUT2D eigenvalue weighted by Gasteiger charge is -2.33. The second-order valence-electron chi connectivity index (χ2n) is 24.6. The van der Waals surface area contributed by atoms with E-state index in [0.717, 1.165) is 22.8 Å². The number of ether oxygens (including phenoxy) is 2. The first kappa shape index (κ1) is 78.8. The summed E-state index contributed by atoms with van der Waals surface area (Å²) in [6.45, 7) is 9.26.